The molecule has 2 aromatic carbocycles. The van der Waals surface area contributed by atoms with E-state index in [1.807, 2.05) is 12.1 Å². The molecule has 0 saturated heterocycles. The lowest BCUT2D eigenvalue weighted by atomic mass is 9.99. The van der Waals surface area contributed by atoms with E-state index in [0.29, 0.717) is 12.6 Å². The second-order valence-electron chi connectivity index (χ2n) is 5.84. The Bertz CT molecular complexity index is 609. The number of aryl methyl sites for hydroxylation is 2. The number of benzene rings is 2. The van der Waals surface area contributed by atoms with Crippen LogP contribution >= 0.6 is 0 Å². The van der Waals surface area contributed by atoms with Gasteiger partial charge in [-0.05, 0) is 49.9 Å². The van der Waals surface area contributed by atoms with Gasteiger partial charge in [0.1, 0.15) is 5.82 Å². The van der Waals surface area contributed by atoms with E-state index in [4.69, 9.17) is 0 Å². The Kier molecular flexibility index (Phi) is 3.58. The average Bonchev–Trinajstić information content (AvgIpc) is 3.20. The Labute approximate surface area is 119 Å². The molecule has 0 spiro atoms. The SMILES string of the molecule is Cc1cc(C)cc(-c2ccc(F)c(CNC3CC3)c2)c1. The molecule has 104 valence electrons. The number of hydrogen-bond donors (Lipinski definition) is 1. The van der Waals surface area contributed by atoms with Crippen LogP contribution in [0, 0.1) is 19.7 Å². The summed E-state index contributed by atoms with van der Waals surface area (Å²) < 4.78 is 13.9. The molecule has 1 aliphatic rings. The normalized spacial score (nSPS) is 14.6. The zero-order valence-corrected chi connectivity index (χ0v) is 12.0. The molecule has 1 nitrogen and oxygen atoms in total. The fraction of sp³-hybridized carbons (Fsp3) is 0.333. The predicted molar refractivity (Wildman–Crippen MR) is 81.2 cm³/mol. The Hall–Kier alpha value is -1.67. The summed E-state index contributed by atoms with van der Waals surface area (Å²) in [5, 5.41) is 3.38. The van der Waals surface area contributed by atoms with Crippen LogP contribution in [-0.4, -0.2) is 6.04 Å². The van der Waals surface area contributed by atoms with Crippen LogP contribution in [0.3, 0.4) is 0 Å². The Morgan fingerprint density at radius 3 is 2.35 bits per heavy atom. The zero-order valence-electron chi connectivity index (χ0n) is 12.0. The van der Waals surface area contributed by atoms with Gasteiger partial charge in [-0.15, -0.1) is 0 Å². The number of hydrogen-bond acceptors (Lipinski definition) is 1. The summed E-state index contributed by atoms with van der Waals surface area (Å²) in [5.74, 6) is -0.119. The Morgan fingerprint density at radius 1 is 1.00 bits per heavy atom. The van der Waals surface area contributed by atoms with Crippen LogP contribution in [0.4, 0.5) is 4.39 Å². The average molecular weight is 269 g/mol. The summed E-state index contributed by atoms with van der Waals surface area (Å²) in [4.78, 5) is 0. The standard InChI is InChI=1S/C18H20FN/c1-12-7-13(2)9-15(8-12)14-3-6-18(19)16(10-14)11-20-17-4-5-17/h3,6-10,17,20H,4-5,11H2,1-2H3. The summed E-state index contributed by atoms with van der Waals surface area (Å²) in [5.41, 5.74) is 5.48. The van der Waals surface area contributed by atoms with E-state index in [1.54, 1.807) is 6.07 Å². The molecule has 2 aromatic rings. The van der Waals surface area contributed by atoms with Gasteiger partial charge in [0.15, 0.2) is 0 Å². The molecule has 0 unspecified atom stereocenters. The first-order valence-corrected chi connectivity index (χ1v) is 7.22. The van der Waals surface area contributed by atoms with Crippen molar-refractivity contribution < 1.29 is 4.39 Å². The summed E-state index contributed by atoms with van der Waals surface area (Å²) in [6.45, 7) is 4.81. The van der Waals surface area contributed by atoms with E-state index < -0.39 is 0 Å². The van der Waals surface area contributed by atoms with Gasteiger partial charge in [-0.3, -0.25) is 0 Å². The second kappa shape index (κ2) is 5.37. The summed E-state index contributed by atoms with van der Waals surface area (Å²) in [6, 6.07) is 12.5. The van der Waals surface area contributed by atoms with Crippen LogP contribution in [0.5, 0.6) is 0 Å². The van der Waals surface area contributed by atoms with Crippen molar-refractivity contribution in [1.82, 2.24) is 5.32 Å². The molecular weight excluding hydrogens is 249 g/mol. The van der Waals surface area contributed by atoms with E-state index in [9.17, 15) is 4.39 Å². The molecule has 0 radical (unpaired) electrons. The van der Waals surface area contributed by atoms with Gasteiger partial charge >= 0.3 is 0 Å². The maximum atomic E-state index is 13.9. The van der Waals surface area contributed by atoms with Crippen LogP contribution < -0.4 is 5.32 Å². The van der Waals surface area contributed by atoms with Crippen molar-refractivity contribution in [1.29, 1.82) is 0 Å². The summed E-state index contributed by atoms with van der Waals surface area (Å²) in [6.07, 6.45) is 2.44. The fourth-order valence-corrected chi connectivity index (χ4v) is 2.57. The van der Waals surface area contributed by atoms with Gasteiger partial charge in [-0.25, -0.2) is 4.39 Å². The number of nitrogens with one attached hydrogen (secondary N) is 1. The molecule has 0 heterocycles. The molecule has 1 N–H and O–H groups in total. The van der Waals surface area contributed by atoms with Crippen molar-refractivity contribution in [2.45, 2.75) is 39.3 Å². The van der Waals surface area contributed by atoms with Gasteiger partial charge in [0.05, 0.1) is 0 Å². The maximum Gasteiger partial charge on any atom is 0.127 e. The molecule has 2 heteroatoms. The molecule has 0 aliphatic heterocycles. The highest BCUT2D eigenvalue weighted by atomic mass is 19.1. The van der Waals surface area contributed by atoms with Crippen molar-refractivity contribution in [3.05, 3.63) is 58.9 Å². The number of halogens is 1. The molecular formula is C18H20FN. The van der Waals surface area contributed by atoms with Crippen LogP contribution in [-0.2, 0) is 6.54 Å². The Morgan fingerprint density at radius 2 is 1.70 bits per heavy atom. The van der Waals surface area contributed by atoms with Gasteiger partial charge in [0.2, 0.25) is 0 Å². The fourth-order valence-electron chi connectivity index (χ4n) is 2.57. The van der Waals surface area contributed by atoms with E-state index >= 15 is 0 Å². The summed E-state index contributed by atoms with van der Waals surface area (Å²) >= 11 is 0. The molecule has 1 fully saturated rings. The quantitative estimate of drug-likeness (QED) is 0.869. The molecule has 0 amide bonds. The molecule has 1 aliphatic carbocycles. The van der Waals surface area contributed by atoms with Crippen LogP contribution in [0.15, 0.2) is 36.4 Å². The third kappa shape index (κ3) is 3.07. The highest BCUT2D eigenvalue weighted by molar-refractivity contribution is 5.66. The highest BCUT2D eigenvalue weighted by Crippen LogP contribution is 2.25. The van der Waals surface area contributed by atoms with Crippen LogP contribution in [0.1, 0.15) is 29.5 Å². The minimum absolute atomic E-state index is 0.119. The predicted octanol–water partition coefficient (Wildman–Crippen LogP) is 4.36. The van der Waals surface area contributed by atoms with Gasteiger partial charge in [-0.2, -0.15) is 0 Å². The smallest absolute Gasteiger partial charge is 0.127 e. The second-order valence-corrected chi connectivity index (χ2v) is 5.84. The van der Waals surface area contributed by atoms with E-state index in [0.717, 1.165) is 16.7 Å². The Balaban J connectivity index is 1.90. The first-order chi connectivity index (χ1) is 9.61. The van der Waals surface area contributed by atoms with E-state index in [-0.39, 0.29) is 5.82 Å². The monoisotopic (exact) mass is 269 g/mol. The number of rotatable bonds is 4. The lowest BCUT2D eigenvalue weighted by molar-refractivity contribution is 0.587. The minimum Gasteiger partial charge on any atom is -0.310 e. The minimum atomic E-state index is -0.119. The highest BCUT2D eigenvalue weighted by Gasteiger charge is 2.20. The largest absolute Gasteiger partial charge is 0.310 e. The first kappa shape index (κ1) is 13.3. The van der Waals surface area contributed by atoms with Crippen LogP contribution in [0.25, 0.3) is 11.1 Å². The van der Waals surface area contributed by atoms with Crippen molar-refractivity contribution in [2.75, 3.05) is 0 Å². The molecule has 0 atom stereocenters. The molecule has 1 saturated carbocycles. The topological polar surface area (TPSA) is 12.0 Å². The van der Waals surface area contributed by atoms with Gasteiger partial charge in [-0.1, -0.05) is 35.4 Å². The van der Waals surface area contributed by atoms with Crippen molar-refractivity contribution in [3.63, 3.8) is 0 Å². The van der Waals surface area contributed by atoms with Crippen LogP contribution in [0.2, 0.25) is 0 Å². The van der Waals surface area contributed by atoms with Gasteiger partial charge in [0.25, 0.3) is 0 Å². The first-order valence-electron chi connectivity index (χ1n) is 7.22. The zero-order chi connectivity index (χ0) is 14.1. The third-order valence-corrected chi connectivity index (χ3v) is 3.76. The van der Waals surface area contributed by atoms with Gasteiger partial charge in [0, 0.05) is 18.2 Å². The van der Waals surface area contributed by atoms with E-state index in [2.05, 4.69) is 37.4 Å². The van der Waals surface area contributed by atoms with Crippen molar-refractivity contribution in [2.24, 2.45) is 0 Å². The van der Waals surface area contributed by atoms with E-state index in [1.165, 1.54) is 24.0 Å². The molecule has 0 aromatic heterocycles. The van der Waals surface area contributed by atoms with Crippen molar-refractivity contribution >= 4 is 0 Å². The molecule has 3 rings (SSSR count). The molecule has 0 bridgehead atoms. The van der Waals surface area contributed by atoms with Gasteiger partial charge < -0.3 is 5.32 Å². The maximum absolute atomic E-state index is 13.9. The third-order valence-electron chi connectivity index (χ3n) is 3.76. The lowest BCUT2D eigenvalue weighted by Crippen LogP contribution is -2.16. The molecule has 20 heavy (non-hydrogen) atoms. The summed E-state index contributed by atoms with van der Waals surface area (Å²) in [7, 11) is 0. The van der Waals surface area contributed by atoms with Crippen molar-refractivity contribution in [3.8, 4) is 11.1 Å². The lowest BCUT2D eigenvalue weighted by Gasteiger charge is -2.09.